The smallest absolute Gasteiger partial charge is 0.320 e. The fourth-order valence-electron chi connectivity index (χ4n) is 2.30. The monoisotopic (exact) mass is 295 g/mol. The third-order valence-electron chi connectivity index (χ3n) is 3.70. The van der Waals surface area contributed by atoms with Crippen LogP contribution in [-0.4, -0.2) is 75.6 Å². The first-order valence-electron chi connectivity index (χ1n) is 7.06. The van der Waals surface area contributed by atoms with E-state index in [0.29, 0.717) is 39.1 Å². The lowest BCUT2D eigenvalue weighted by Crippen LogP contribution is -2.55. The highest BCUT2D eigenvalue weighted by molar-refractivity contribution is 5.74. The highest BCUT2D eigenvalue weighted by Crippen LogP contribution is 2.06. The molecule has 116 valence electrons. The van der Waals surface area contributed by atoms with Crippen molar-refractivity contribution in [3.05, 3.63) is 18.2 Å². The summed E-state index contributed by atoms with van der Waals surface area (Å²) in [5, 5.41) is 11.8. The van der Waals surface area contributed by atoms with Gasteiger partial charge in [0.15, 0.2) is 0 Å². The van der Waals surface area contributed by atoms with Crippen LogP contribution in [0.4, 0.5) is 4.79 Å². The molecule has 0 spiro atoms. The Bertz CT molecular complexity index is 468. The summed E-state index contributed by atoms with van der Waals surface area (Å²) < 4.78 is 0. The van der Waals surface area contributed by atoms with Crippen molar-refractivity contribution in [1.29, 1.82) is 0 Å². The van der Waals surface area contributed by atoms with Gasteiger partial charge in [-0.2, -0.15) is 0 Å². The molecular weight excluding hydrogens is 274 g/mol. The van der Waals surface area contributed by atoms with E-state index in [1.807, 2.05) is 4.90 Å². The summed E-state index contributed by atoms with van der Waals surface area (Å²) in [6.07, 6.45) is 4.09. The molecule has 1 atom stereocenters. The molecule has 1 aromatic rings. The summed E-state index contributed by atoms with van der Waals surface area (Å²) in [6.45, 7) is 4.45. The maximum Gasteiger partial charge on any atom is 0.320 e. The number of carboxylic acids is 1. The van der Waals surface area contributed by atoms with Gasteiger partial charge in [-0.25, -0.2) is 9.78 Å². The third kappa shape index (κ3) is 4.19. The SMILES string of the molecule is CC(C(=O)O)N1CCN(C(=O)NCCc2ncc[nH]2)CC1. The molecule has 1 aliphatic heterocycles. The van der Waals surface area contributed by atoms with Gasteiger partial charge in [-0.1, -0.05) is 0 Å². The Labute approximate surface area is 123 Å². The lowest BCUT2D eigenvalue weighted by Gasteiger charge is -2.36. The molecule has 1 aromatic heterocycles. The van der Waals surface area contributed by atoms with Crippen molar-refractivity contribution in [1.82, 2.24) is 25.1 Å². The molecule has 0 saturated carbocycles. The van der Waals surface area contributed by atoms with Crippen molar-refractivity contribution in [2.45, 2.75) is 19.4 Å². The number of carbonyl (C=O) groups is 2. The van der Waals surface area contributed by atoms with E-state index in [-0.39, 0.29) is 6.03 Å². The van der Waals surface area contributed by atoms with Crippen molar-refractivity contribution in [2.75, 3.05) is 32.7 Å². The quantitative estimate of drug-likeness (QED) is 0.695. The van der Waals surface area contributed by atoms with Gasteiger partial charge in [-0.05, 0) is 6.92 Å². The maximum absolute atomic E-state index is 12.0. The fourth-order valence-corrected chi connectivity index (χ4v) is 2.30. The Morgan fingerprint density at radius 1 is 1.43 bits per heavy atom. The fraction of sp³-hybridized carbons (Fsp3) is 0.615. The lowest BCUT2D eigenvalue weighted by molar-refractivity contribution is -0.143. The zero-order valence-electron chi connectivity index (χ0n) is 12.1. The Morgan fingerprint density at radius 3 is 2.71 bits per heavy atom. The zero-order valence-corrected chi connectivity index (χ0v) is 12.1. The first kappa shape index (κ1) is 15.3. The number of piperazine rings is 1. The predicted molar refractivity (Wildman–Crippen MR) is 75.9 cm³/mol. The number of hydrogen-bond acceptors (Lipinski definition) is 4. The van der Waals surface area contributed by atoms with Crippen LogP contribution >= 0.6 is 0 Å². The molecular formula is C13H21N5O3. The highest BCUT2D eigenvalue weighted by atomic mass is 16.4. The first-order chi connectivity index (χ1) is 10.1. The molecule has 2 heterocycles. The minimum atomic E-state index is -0.827. The van der Waals surface area contributed by atoms with E-state index in [0.717, 1.165) is 5.82 Å². The van der Waals surface area contributed by atoms with Gasteiger partial charge in [-0.3, -0.25) is 9.69 Å². The van der Waals surface area contributed by atoms with Crippen molar-refractivity contribution < 1.29 is 14.7 Å². The van der Waals surface area contributed by atoms with Crippen LogP contribution in [0.2, 0.25) is 0 Å². The number of urea groups is 1. The molecule has 1 saturated heterocycles. The van der Waals surface area contributed by atoms with Gasteiger partial charge < -0.3 is 20.3 Å². The normalized spacial score (nSPS) is 17.5. The Morgan fingerprint density at radius 2 is 2.14 bits per heavy atom. The number of carbonyl (C=O) groups excluding carboxylic acids is 1. The minimum absolute atomic E-state index is 0.107. The van der Waals surface area contributed by atoms with Gasteiger partial charge >= 0.3 is 12.0 Å². The zero-order chi connectivity index (χ0) is 15.2. The van der Waals surface area contributed by atoms with E-state index in [1.54, 1.807) is 24.2 Å². The minimum Gasteiger partial charge on any atom is -0.480 e. The summed E-state index contributed by atoms with van der Waals surface area (Å²) in [4.78, 5) is 33.6. The van der Waals surface area contributed by atoms with Crippen molar-refractivity contribution in [2.24, 2.45) is 0 Å². The molecule has 1 unspecified atom stereocenters. The summed E-state index contributed by atoms with van der Waals surface area (Å²) in [5.74, 6) is 0.0155. The largest absolute Gasteiger partial charge is 0.480 e. The van der Waals surface area contributed by atoms with Crippen LogP contribution in [0.25, 0.3) is 0 Å². The van der Waals surface area contributed by atoms with Gasteiger partial charge in [0.25, 0.3) is 0 Å². The Balaban J connectivity index is 1.69. The summed E-state index contributed by atoms with van der Waals surface area (Å²) in [7, 11) is 0. The number of carboxylic acid groups (broad SMARTS) is 1. The van der Waals surface area contributed by atoms with Gasteiger partial charge in [0, 0.05) is 51.5 Å². The number of aliphatic carboxylic acids is 1. The van der Waals surface area contributed by atoms with E-state index in [9.17, 15) is 9.59 Å². The average Bonchev–Trinajstić information content (AvgIpc) is 2.99. The van der Waals surface area contributed by atoms with Gasteiger partial charge in [0.1, 0.15) is 11.9 Å². The molecule has 1 aliphatic rings. The highest BCUT2D eigenvalue weighted by Gasteiger charge is 2.26. The molecule has 0 aromatic carbocycles. The van der Waals surface area contributed by atoms with Crippen molar-refractivity contribution in [3.63, 3.8) is 0 Å². The van der Waals surface area contributed by atoms with Gasteiger partial charge in [-0.15, -0.1) is 0 Å². The summed E-state index contributed by atoms with van der Waals surface area (Å²) >= 11 is 0. The average molecular weight is 295 g/mol. The lowest BCUT2D eigenvalue weighted by atomic mass is 10.2. The second kappa shape index (κ2) is 7.07. The number of nitrogens with zero attached hydrogens (tertiary/aromatic N) is 3. The predicted octanol–water partition coefficient (Wildman–Crippen LogP) is -0.247. The third-order valence-corrected chi connectivity index (χ3v) is 3.70. The molecule has 8 nitrogen and oxygen atoms in total. The van der Waals surface area contributed by atoms with E-state index < -0.39 is 12.0 Å². The van der Waals surface area contributed by atoms with Gasteiger partial charge in [0.05, 0.1) is 0 Å². The second-order valence-electron chi connectivity index (χ2n) is 5.06. The standard InChI is InChI=1S/C13H21N5O3/c1-10(12(19)20)17-6-8-18(9-7-17)13(21)16-3-2-11-14-4-5-15-11/h4-5,10H,2-3,6-9H2,1H3,(H,14,15)(H,16,21)(H,19,20). The Hall–Kier alpha value is -2.09. The maximum atomic E-state index is 12.0. The van der Waals surface area contributed by atoms with Crippen molar-refractivity contribution in [3.8, 4) is 0 Å². The molecule has 21 heavy (non-hydrogen) atoms. The van der Waals surface area contributed by atoms with E-state index in [1.165, 1.54) is 0 Å². The molecule has 8 heteroatoms. The molecule has 0 radical (unpaired) electrons. The molecule has 0 aliphatic carbocycles. The molecule has 1 fully saturated rings. The van der Waals surface area contributed by atoms with Crippen LogP contribution in [0.15, 0.2) is 12.4 Å². The number of imidazole rings is 1. The van der Waals surface area contributed by atoms with E-state index in [2.05, 4.69) is 15.3 Å². The topological polar surface area (TPSA) is 102 Å². The molecule has 2 amide bonds. The number of aromatic nitrogens is 2. The van der Waals surface area contributed by atoms with Gasteiger partial charge in [0.2, 0.25) is 0 Å². The number of nitrogens with one attached hydrogen (secondary N) is 2. The van der Waals surface area contributed by atoms with E-state index >= 15 is 0 Å². The number of hydrogen-bond donors (Lipinski definition) is 3. The molecule has 3 N–H and O–H groups in total. The van der Waals surface area contributed by atoms with Crippen molar-refractivity contribution >= 4 is 12.0 Å². The molecule has 0 bridgehead atoms. The summed E-state index contributed by atoms with van der Waals surface area (Å²) in [6, 6.07) is -0.613. The number of aromatic amines is 1. The first-order valence-corrected chi connectivity index (χ1v) is 7.06. The molecule has 2 rings (SSSR count). The van der Waals surface area contributed by atoms with Crippen LogP contribution in [0.3, 0.4) is 0 Å². The Kier molecular flexibility index (Phi) is 5.15. The van der Waals surface area contributed by atoms with Crippen LogP contribution in [-0.2, 0) is 11.2 Å². The van der Waals surface area contributed by atoms with Crippen LogP contribution in [0.1, 0.15) is 12.7 Å². The number of amides is 2. The second-order valence-corrected chi connectivity index (χ2v) is 5.06. The number of H-pyrrole nitrogens is 1. The number of rotatable bonds is 5. The van der Waals surface area contributed by atoms with Crippen LogP contribution < -0.4 is 5.32 Å². The van der Waals surface area contributed by atoms with Crippen LogP contribution in [0, 0.1) is 0 Å². The van der Waals surface area contributed by atoms with Crippen LogP contribution in [0.5, 0.6) is 0 Å². The summed E-state index contributed by atoms with van der Waals surface area (Å²) in [5.41, 5.74) is 0. The van der Waals surface area contributed by atoms with E-state index in [4.69, 9.17) is 5.11 Å².